The van der Waals surface area contributed by atoms with E-state index in [1.807, 2.05) is 7.05 Å². The molecule has 4 heteroatoms. The first-order chi connectivity index (χ1) is 6.79. The Labute approximate surface area is 82.8 Å². The molecular formula is C10H15N3O. The molecule has 0 saturated heterocycles. The van der Waals surface area contributed by atoms with Crippen molar-refractivity contribution in [1.82, 2.24) is 15.3 Å². The second-order valence-corrected chi connectivity index (χ2v) is 3.78. The summed E-state index contributed by atoms with van der Waals surface area (Å²) < 4.78 is 0. The standard InChI is InChI=1S/C10H15N3O/c1-11-6-8-5-9(14)13-10(12-8)7-3-2-4-7/h5,7,11H,2-4,6H2,1H3,(H,12,13,14). The van der Waals surface area contributed by atoms with Crippen molar-refractivity contribution < 1.29 is 0 Å². The third-order valence-electron chi connectivity index (χ3n) is 2.66. The van der Waals surface area contributed by atoms with Crippen LogP contribution in [-0.4, -0.2) is 17.0 Å². The van der Waals surface area contributed by atoms with Crippen molar-refractivity contribution in [2.75, 3.05) is 7.05 Å². The molecule has 1 saturated carbocycles. The SMILES string of the molecule is CNCc1cc(=O)[nH]c(C2CCC2)n1. The summed E-state index contributed by atoms with van der Waals surface area (Å²) in [5, 5.41) is 3.00. The van der Waals surface area contributed by atoms with Crippen LogP contribution in [0.4, 0.5) is 0 Å². The first-order valence-corrected chi connectivity index (χ1v) is 5.04. The summed E-state index contributed by atoms with van der Waals surface area (Å²) in [6.07, 6.45) is 3.57. The van der Waals surface area contributed by atoms with E-state index in [2.05, 4.69) is 15.3 Å². The van der Waals surface area contributed by atoms with Crippen LogP contribution in [0.5, 0.6) is 0 Å². The molecule has 0 spiro atoms. The van der Waals surface area contributed by atoms with Crippen LogP contribution in [0, 0.1) is 0 Å². The predicted octanol–water partition coefficient (Wildman–Crippen LogP) is 0.757. The molecule has 0 aromatic carbocycles. The average molecular weight is 193 g/mol. The number of nitrogens with one attached hydrogen (secondary N) is 2. The zero-order chi connectivity index (χ0) is 9.97. The van der Waals surface area contributed by atoms with Crippen molar-refractivity contribution in [2.45, 2.75) is 31.7 Å². The number of nitrogens with zero attached hydrogens (tertiary/aromatic N) is 1. The first kappa shape index (κ1) is 9.40. The van der Waals surface area contributed by atoms with Crippen molar-refractivity contribution >= 4 is 0 Å². The highest BCUT2D eigenvalue weighted by Gasteiger charge is 2.21. The molecule has 1 fully saturated rings. The van der Waals surface area contributed by atoms with Crippen LogP contribution in [0.1, 0.15) is 36.7 Å². The zero-order valence-electron chi connectivity index (χ0n) is 8.34. The molecule has 0 aliphatic heterocycles. The Bertz CT molecular complexity index is 368. The number of aromatic amines is 1. The van der Waals surface area contributed by atoms with E-state index in [9.17, 15) is 4.79 Å². The lowest BCUT2D eigenvalue weighted by Gasteiger charge is -2.24. The molecule has 1 aromatic heterocycles. The topological polar surface area (TPSA) is 57.8 Å². The number of hydrogen-bond acceptors (Lipinski definition) is 3. The molecular weight excluding hydrogens is 178 g/mol. The lowest BCUT2D eigenvalue weighted by atomic mass is 9.85. The smallest absolute Gasteiger partial charge is 0.251 e. The van der Waals surface area contributed by atoms with Gasteiger partial charge in [0.2, 0.25) is 0 Å². The molecule has 76 valence electrons. The van der Waals surface area contributed by atoms with Crippen LogP contribution >= 0.6 is 0 Å². The Kier molecular flexibility index (Phi) is 2.63. The first-order valence-electron chi connectivity index (χ1n) is 5.04. The maximum absolute atomic E-state index is 11.3. The summed E-state index contributed by atoms with van der Waals surface area (Å²) in [5.41, 5.74) is 0.797. The van der Waals surface area contributed by atoms with Gasteiger partial charge in [-0.25, -0.2) is 4.98 Å². The summed E-state index contributed by atoms with van der Waals surface area (Å²) in [6.45, 7) is 0.656. The molecule has 0 amide bonds. The molecule has 4 nitrogen and oxygen atoms in total. The maximum Gasteiger partial charge on any atom is 0.251 e. The van der Waals surface area contributed by atoms with Gasteiger partial charge >= 0.3 is 0 Å². The van der Waals surface area contributed by atoms with Crippen molar-refractivity contribution in [1.29, 1.82) is 0 Å². The van der Waals surface area contributed by atoms with E-state index in [1.165, 1.54) is 6.42 Å². The third-order valence-corrected chi connectivity index (χ3v) is 2.66. The average Bonchev–Trinajstić information content (AvgIpc) is 1.99. The van der Waals surface area contributed by atoms with Crippen LogP contribution in [-0.2, 0) is 6.54 Å². The van der Waals surface area contributed by atoms with Gasteiger partial charge in [0.1, 0.15) is 5.82 Å². The molecule has 2 N–H and O–H groups in total. The molecule has 14 heavy (non-hydrogen) atoms. The minimum atomic E-state index is -0.0350. The van der Waals surface area contributed by atoms with E-state index in [1.54, 1.807) is 6.07 Å². The van der Waals surface area contributed by atoms with Crippen molar-refractivity contribution in [3.63, 3.8) is 0 Å². The molecule has 0 atom stereocenters. The van der Waals surface area contributed by atoms with Crippen molar-refractivity contribution in [3.8, 4) is 0 Å². The second kappa shape index (κ2) is 3.92. The lowest BCUT2D eigenvalue weighted by molar-refractivity contribution is 0.399. The van der Waals surface area contributed by atoms with E-state index < -0.39 is 0 Å². The van der Waals surface area contributed by atoms with E-state index in [-0.39, 0.29) is 5.56 Å². The number of rotatable bonds is 3. The van der Waals surface area contributed by atoms with Crippen LogP contribution in [0.25, 0.3) is 0 Å². The van der Waals surface area contributed by atoms with Gasteiger partial charge in [-0.1, -0.05) is 6.42 Å². The fourth-order valence-electron chi connectivity index (χ4n) is 1.68. The Morgan fingerprint density at radius 3 is 3.00 bits per heavy atom. The summed E-state index contributed by atoms with van der Waals surface area (Å²) in [7, 11) is 1.85. The monoisotopic (exact) mass is 193 g/mol. The van der Waals surface area contributed by atoms with E-state index in [4.69, 9.17) is 0 Å². The molecule has 0 bridgehead atoms. The highest BCUT2D eigenvalue weighted by molar-refractivity contribution is 5.07. The fourth-order valence-corrected chi connectivity index (χ4v) is 1.68. The van der Waals surface area contributed by atoms with Gasteiger partial charge < -0.3 is 10.3 Å². The molecule has 0 unspecified atom stereocenters. The predicted molar refractivity (Wildman–Crippen MR) is 54.2 cm³/mol. The molecule has 0 radical (unpaired) electrons. The minimum Gasteiger partial charge on any atom is -0.314 e. The zero-order valence-corrected chi connectivity index (χ0v) is 8.34. The van der Waals surface area contributed by atoms with Gasteiger partial charge in [-0.05, 0) is 19.9 Å². The highest BCUT2D eigenvalue weighted by Crippen LogP contribution is 2.33. The number of H-pyrrole nitrogens is 1. The van der Waals surface area contributed by atoms with Crippen LogP contribution < -0.4 is 10.9 Å². The molecule has 1 aliphatic rings. The molecule has 1 aromatic rings. The van der Waals surface area contributed by atoms with Gasteiger partial charge in [0.25, 0.3) is 5.56 Å². The van der Waals surface area contributed by atoms with Crippen molar-refractivity contribution in [2.24, 2.45) is 0 Å². The van der Waals surface area contributed by atoms with E-state index in [0.29, 0.717) is 12.5 Å². The van der Waals surface area contributed by atoms with Crippen LogP contribution in [0.2, 0.25) is 0 Å². The lowest BCUT2D eigenvalue weighted by Crippen LogP contribution is -2.21. The normalized spacial score (nSPS) is 16.6. The van der Waals surface area contributed by atoms with Gasteiger partial charge in [0, 0.05) is 18.5 Å². The summed E-state index contributed by atoms with van der Waals surface area (Å²) in [6, 6.07) is 1.55. The molecule has 1 heterocycles. The highest BCUT2D eigenvalue weighted by atomic mass is 16.1. The Hall–Kier alpha value is -1.16. The largest absolute Gasteiger partial charge is 0.314 e. The quantitative estimate of drug-likeness (QED) is 0.745. The van der Waals surface area contributed by atoms with Gasteiger partial charge in [-0.3, -0.25) is 4.79 Å². The van der Waals surface area contributed by atoms with Crippen LogP contribution in [0.15, 0.2) is 10.9 Å². The summed E-state index contributed by atoms with van der Waals surface area (Å²) in [4.78, 5) is 18.5. The second-order valence-electron chi connectivity index (χ2n) is 3.78. The Balaban J connectivity index is 2.26. The minimum absolute atomic E-state index is 0.0350. The van der Waals surface area contributed by atoms with Gasteiger partial charge in [-0.2, -0.15) is 0 Å². The number of aromatic nitrogens is 2. The van der Waals surface area contributed by atoms with Gasteiger partial charge in [0.15, 0.2) is 0 Å². The van der Waals surface area contributed by atoms with Crippen molar-refractivity contribution in [3.05, 3.63) is 27.9 Å². The third kappa shape index (κ3) is 1.85. The Morgan fingerprint density at radius 2 is 2.43 bits per heavy atom. The van der Waals surface area contributed by atoms with Gasteiger partial charge in [0.05, 0.1) is 5.69 Å². The molecule has 1 aliphatic carbocycles. The number of hydrogen-bond donors (Lipinski definition) is 2. The summed E-state index contributed by atoms with van der Waals surface area (Å²) >= 11 is 0. The Morgan fingerprint density at radius 1 is 1.64 bits per heavy atom. The maximum atomic E-state index is 11.3. The molecule has 2 rings (SSSR count). The van der Waals surface area contributed by atoms with E-state index in [0.717, 1.165) is 24.4 Å². The van der Waals surface area contributed by atoms with E-state index >= 15 is 0 Å². The van der Waals surface area contributed by atoms with Crippen LogP contribution in [0.3, 0.4) is 0 Å². The summed E-state index contributed by atoms with van der Waals surface area (Å²) in [5.74, 6) is 1.36. The fraction of sp³-hybridized carbons (Fsp3) is 0.600. The van der Waals surface area contributed by atoms with Gasteiger partial charge in [-0.15, -0.1) is 0 Å².